The van der Waals surface area contributed by atoms with E-state index in [9.17, 15) is 9.59 Å². The number of carbonyl (C=O) groups excluding carboxylic acids is 2. The van der Waals surface area contributed by atoms with Crippen LogP contribution in [0.4, 0.5) is 5.69 Å². The number of nitrogens with zero attached hydrogens (tertiary/aromatic N) is 1. The second-order valence-electron chi connectivity index (χ2n) is 4.57. The maximum atomic E-state index is 12.3. The molecule has 0 aliphatic carbocycles. The number of hydrogen-bond donors (Lipinski definition) is 0. The summed E-state index contributed by atoms with van der Waals surface area (Å²) in [6, 6.07) is 10.6. The lowest BCUT2D eigenvalue weighted by molar-refractivity contribution is -0.115. The van der Waals surface area contributed by atoms with Crippen LogP contribution >= 0.6 is 11.6 Å². The molecule has 0 aliphatic heterocycles. The summed E-state index contributed by atoms with van der Waals surface area (Å²) >= 11 is 5.24. The first-order valence-corrected chi connectivity index (χ1v) is 7.42. The van der Waals surface area contributed by atoms with Gasteiger partial charge in [-0.1, -0.05) is 0 Å². The third kappa shape index (κ3) is 5.00. The molecule has 2 rings (SSSR count). The minimum absolute atomic E-state index is 0.237. The van der Waals surface area contributed by atoms with Crippen LogP contribution in [0.2, 0.25) is 0 Å². The van der Waals surface area contributed by atoms with Gasteiger partial charge in [0.25, 0.3) is 5.91 Å². The maximum absolute atomic E-state index is 12.3. The molecule has 1 amide bonds. The zero-order valence-corrected chi connectivity index (χ0v) is 13.3. The number of allylic oxidation sites excluding steroid dienone is 1. The molecular formula is C17H16ClNO4. The highest BCUT2D eigenvalue weighted by Crippen LogP contribution is 2.22. The van der Waals surface area contributed by atoms with Crippen LogP contribution in [-0.2, 0) is 16.1 Å². The van der Waals surface area contributed by atoms with Gasteiger partial charge < -0.3 is 14.1 Å². The van der Waals surface area contributed by atoms with Crippen molar-refractivity contribution in [2.45, 2.75) is 13.5 Å². The number of rotatable bonds is 7. The molecule has 0 bridgehead atoms. The predicted molar refractivity (Wildman–Crippen MR) is 87.5 cm³/mol. The predicted octanol–water partition coefficient (Wildman–Crippen LogP) is 3.53. The second kappa shape index (κ2) is 8.19. The lowest BCUT2D eigenvalue weighted by Gasteiger charge is -2.20. The van der Waals surface area contributed by atoms with Crippen molar-refractivity contribution in [1.82, 2.24) is 0 Å². The molecule has 23 heavy (non-hydrogen) atoms. The molecule has 0 unspecified atom stereocenters. The van der Waals surface area contributed by atoms with Crippen LogP contribution in [0.5, 0.6) is 5.75 Å². The smallest absolute Gasteiger partial charge is 0.251 e. The van der Waals surface area contributed by atoms with Gasteiger partial charge in [0.2, 0.25) is 5.24 Å². The number of amides is 1. The highest BCUT2D eigenvalue weighted by atomic mass is 35.5. The molecule has 0 atom stereocenters. The molecule has 0 aliphatic rings. The van der Waals surface area contributed by atoms with Crippen LogP contribution in [0, 0.1) is 0 Å². The van der Waals surface area contributed by atoms with E-state index in [2.05, 4.69) is 0 Å². The van der Waals surface area contributed by atoms with E-state index in [1.54, 1.807) is 36.4 Å². The first kappa shape index (κ1) is 16.8. The fraction of sp³-hybridized carbons (Fsp3) is 0.176. The van der Waals surface area contributed by atoms with Gasteiger partial charge in [0.05, 0.1) is 19.4 Å². The van der Waals surface area contributed by atoms with Crippen LogP contribution in [0.25, 0.3) is 0 Å². The average Bonchev–Trinajstić information content (AvgIpc) is 3.05. The number of ether oxygens (including phenoxy) is 1. The van der Waals surface area contributed by atoms with Gasteiger partial charge in [-0.3, -0.25) is 9.59 Å². The highest BCUT2D eigenvalue weighted by molar-refractivity contribution is 6.66. The average molecular weight is 334 g/mol. The van der Waals surface area contributed by atoms with Gasteiger partial charge >= 0.3 is 0 Å². The minimum atomic E-state index is -0.706. The molecule has 0 saturated heterocycles. The number of furan rings is 1. The van der Waals surface area contributed by atoms with Gasteiger partial charge in [0, 0.05) is 17.8 Å². The molecule has 1 heterocycles. The standard InChI is InChI=1S/C17H16ClNO4/c1-2-22-14-7-5-13(6-8-14)19(12-15-4-3-11-23-15)17(21)10-9-16(18)20/h3-11H,2,12H2,1H3/b10-9+. The van der Waals surface area contributed by atoms with Crippen molar-refractivity contribution >= 4 is 28.4 Å². The molecule has 1 aromatic carbocycles. The van der Waals surface area contributed by atoms with E-state index >= 15 is 0 Å². The molecule has 2 aromatic rings. The Morgan fingerprint density at radius 3 is 2.52 bits per heavy atom. The molecule has 1 aromatic heterocycles. The Bertz CT molecular complexity index is 677. The summed E-state index contributed by atoms with van der Waals surface area (Å²) < 4.78 is 10.7. The fourth-order valence-corrected chi connectivity index (χ4v) is 2.03. The Hall–Kier alpha value is -2.53. The first-order chi connectivity index (χ1) is 11.1. The second-order valence-corrected chi connectivity index (χ2v) is 4.94. The van der Waals surface area contributed by atoms with Gasteiger partial charge in [-0.05, 0) is 54.9 Å². The van der Waals surface area contributed by atoms with Crippen LogP contribution in [0.3, 0.4) is 0 Å². The van der Waals surface area contributed by atoms with Crippen molar-refractivity contribution in [3.05, 3.63) is 60.6 Å². The van der Waals surface area contributed by atoms with Crippen LogP contribution in [-0.4, -0.2) is 17.8 Å². The van der Waals surface area contributed by atoms with E-state index in [1.807, 2.05) is 6.92 Å². The monoisotopic (exact) mass is 333 g/mol. The third-order valence-electron chi connectivity index (χ3n) is 2.98. The molecule has 120 valence electrons. The molecule has 5 nitrogen and oxygen atoms in total. The number of benzene rings is 1. The molecule has 6 heteroatoms. The Balaban J connectivity index is 2.24. The van der Waals surface area contributed by atoms with Crippen molar-refractivity contribution in [3.63, 3.8) is 0 Å². The number of hydrogen-bond acceptors (Lipinski definition) is 4. The largest absolute Gasteiger partial charge is 0.494 e. The zero-order chi connectivity index (χ0) is 16.7. The summed E-state index contributed by atoms with van der Waals surface area (Å²) in [6.07, 6.45) is 3.69. The number of anilines is 1. The van der Waals surface area contributed by atoms with Gasteiger partial charge in [0.1, 0.15) is 11.5 Å². The Morgan fingerprint density at radius 1 is 1.22 bits per heavy atom. The Morgan fingerprint density at radius 2 is 1.96 bits per heavy atom. The third-order valence-corrected chi connectivity index (χ3v) is 3.10. The van der Waals surface area contributed by atoms with Gasteiger partial charge in [-0.15, -0.1) is 0 Å². The summed E-state index contributed by atoms with van der Waals surface area (Å²) in [4.78, 5) is 24.6. The number of halogens is 1. The lowest BCUT2D eigenvalue weighted by Crippen LogP contribution is -2.28. The molecule has 0 saturated carbocycles. The topological polar surface area (TPSA) is 59.8 Å². The quantitative estimate of drug-likeness (QED) is 0.574. The summed E-state index contributed by atoms with van der Waals surface area (Å²) in [5, 5.41) is -0.706. The van der Waals surface area contributed by atoms with Crippen molar-refractivity contribution in [2.75, 3.05) is 11.5 Å². The molecular weight excluding hydrogens is 318 g/mol. The van der Waals surface area contributed by atoms with Crippen LogP contribution in [0.15, 0.2) is 59.2 Å². The van der Waals surface area contributed by atoms with Gasteiger partial charge in [-0.2, -0.15) is 0 Å². The molecule has 0 spiro atoms. The lowest BCUT2D eigenvalue weighted by atomic mass is 10.2. The number of carbonyl (C=O) groups is 2. The van der Waals surface area contributed by atoms with Gasteiger partial charge in [-0.25, -0.2) is 0 Å². The summed E-state index contributed by atoms with van der Waals surface area (Å²) in [7, 11) is 0. The fourth-order valence-electron chi connectivity index (χ4n) is 1.97. The van der Waals surface area contributed by atoms with Crippen molar-refractivity contribution in [3.8, 4) is 5.75 Å². The summed E-state index contributed by atoms with van der Waals surface area (Å²) in [5.41, 5.74) is 0.654. The SMILES string of the molecule is CCOc1ccc(N(Cc2ccco2)C(=O)/C=C/C(=O)Cl)cc1. The van der Waals surface area contributed by atoms with Crippen molar-refractivity contribution in [1.29, 1.82) is 0 Å². The maximum Gasteiger partial charge on any atom is 0.251 e. The van der Waals surface area contributed by atoms with E-state index in [4.69, 9.17) is 20.8 Å². The normalized spacial score (nSPS) is 10.7. The highest BCUT2D eigenvalue weighted by Gasteiger charge is 2.15. The summed E-state index contributed by atoms with van der Waals surface area (Å²) in [5.74, 6) is 0.963. The van der Waals surface area contributed by atoms with E-state index in [0.29, 0.717) is 23.8 Å². The van der Waals surface area contributed by atoms with Crippen LogP contribution in [0.1, 0.15) is 12.7 Å². The molecule has 0 N–H and O–H groups in total. The van der Waals surface area contributed by atoms with E-state index in [-0.39, 0.29) is 12.5 Å². The minimum Gasteiger partial charge on any atom is -0.494 e. The van der Waals surface area contributed by atoms with Crippen LogP contribution < -0.4 is 9.64 Å². The van der Waals surface area contributed by atoms with Gasteiger partial charge in [0.15, 0.2) is 0 Å². The van der Waals surface area contributed by atoms with E-state index in [1.165, 1.54) is 11.2 Å². The molecule has 0 fully saturated rings. The summed E-state index contributed by atoms with van der Waals surface area (Å²) in [6.45, 7) is 2.70. The first-order valence-electron chi connectivity index (χ1n) is 7.04. The van der Waals surface area contributed by atoms with E-state index in [0.717, 1.165) is 12.2 Å². The molecule has 0 radical (unpaired) electrons. The van der Waals surface area contributed by atoms with Crippen molar-refractivity contribution < 1.29 is 18.7 Å². The Labute approximate surface area is 139 Å². The van der Waals surface area contributed by atoms with Crippen molar-refractivity contribution in [2.24, 2.45) is 0 Å². The Kier molecular flexibility index (Phi) is 6.00. The zero-order valence-electron chi connectivity index (χ0n) is 12.6. The van der Waals surface area contributed by atoms with E-state index < -0.39 is 5.24 Å².